The molecule has 3 rings (SSSR count). The molecule has 3 aromatic rings. The lowest BCUT2D eigenvalue weighted by Crippen LogP contribution is -2.39. The number of carbonyl (C=O) groups excluding carboxylic acids is 1. The van der Waals surface area contributed by atoms with Crippen LogP contribution in [-0.2, 0) is 16.0 Å². The van der Waals surface area contributed by atoms with E-state index in [9.17, 15) is 4.79 Å². The highest BCUT2D eigenvalue weighted by Gasteiger charge is 2.31. The Morgan fingerprint density at radius 3 is 2.42 bits per heavy atom. The second-order valence-electron chi connectivity index (χ2n) is 8.86. The van der Waals surface area contributed by atoms with E-state index in [4.69, 9.17) is 18.9 Å². The zero-order valence-corrected chi connectivity index (χ0v) is 20.3. The average Bonchev–Trinajstić information content (AvgIpc) is 3.25. The Morgan fingerprint density at radius 2 is 1.73 bits per heavy atom. The molecule has 1 aromatic heterocycles. The molecule has 178 valence electrons. The second kappa shape index (κ2) is 11.7. The highest BCUT2D eigenvalue weighted by atomic mass is 16.6. The number of esters is 1. The van der Waals surface area contributed by atoms with Crippen LogP contribution in [0.5, 0.6) is 5.75 Å². The number of unbranched alkanes of at least 4 members (excludes halogenated alkanes) is 4. The van der Waals surface area contributed by atoms with Crippen molar-refractivity contribution in [3.63, 3.8) is 0 Å². The van der Waals surface area contributed by atoms with Crippen LogP contribution >= 0.6 is 0 Å². The molecule has 0 spiro atoms. The van der Waals surface area contributed by atoms with Crippen LogP contribution in [0.1, 0.15) is 58.4 Å². The van der Waals surface area contributed by atoms with E-state index < -0.39 is 11.6 Å². The largest absolute Gasteiger partial charge is 0.476 e. The summed E-state index contributed by atoms with van der Waals surface area (Å²) >= 11 is 0. The molecule has 0 radical (unpaired) electrons. The van der Waals surface area contributed by atoms with E-state index in [0.717, 1.165) is 37.0 Å². The van der Waals surface area contributed by atoms with Crippen molar-refractivity contribution in [2.75, 3.05) is 25.1 Å². The molecule has 0 aliphatic heterocycles. The monoisotopic (exact) mass is 452 g/mol. The van der Waals surface area contributed by atoms with Gasteiger partial charge in [0, 0.05) is 13.1 Å². The molecule has 1 heterocycles. The normalized spacial score (nSPS) is 11.5. The molecule has 0 saturated heterocycles. The molecule has 0 fully saturated rings. The number of anilines is 1. The number of nitrogens with zero attached hydrogens (tertiary/aromatic N) is 2. The molecule has 0 saturated carbocycles. The van der Waals surface area contributed by atoms with Gasteiger partial charge < -0.3 is 18.8 Å². The van der Waals surface area contributed by atoms with Gasteiger partial charge >= 0.3 is 5.97 Å². The lowest BCUT2D eigenvalue weighted by molar-refractivity contribution is -0.156. The smallest absolute Gasteiger partial charge is 0.349 e. The summed E-state index contributed by atoms with van der Waals surface area (Å²) in [6.07, 6.45) is 6.98. The summed E-state index contributed by atoms with van der Waals surface area (Å²) in [6.45, 7) is 7.37. The van der Waals surface area contributed by atoms with Gasteiger partial charge in [0.2, 0.25) is 0 Å². The van der Waals surface area contributed by atoms with E-state index in [-0.39, 0.29) is 0 Å². The molecule has 33 heavy (non-hydrogen) atoms. The Hall–Kier alpha value is -3.02. The maximum absolute atomic E-state index is 11.9. The first-order valence-corrected chi connectivity index (χ1v) is 11.9. The number of rotatable bonds is 13. The zero-order valence-electron chi connectivity index (χ0n) is 20.3. The van der Waals surface area contributed by atoms with Crippen LogP contribution < -0.4 is 9.64 Å². The van der Waals surface area contributed by atoms with Gasteiger partial charge in [0.1, 0.15) is 11.3 Å². The van der Waals surface area contributed by atoms with Crippen molar-refractivity contribution in [3.05, 3.63) is 54.1 Å². The van der Waals surface area contributed by atoms with Crippen LogP contribution in [0.15, 0.2) is 52.9 Å². The Labute approximate surface area is 196 Å². The van der Waals surface area contributed by atoms with Gasteiger partial charge in [-0.15, -0.1) is 0 Å². The number of fused-ring (bicyclic) bond motifs is 1. The first-order chi connectivity index (χ1) is 15.9. The second-order valence-corrected chi connectivity index (χ2v) is 8.86. The summed E-state index contributed by atoms with van der Waals surface area (Å²) in [7, 11) is 1.36. The molecular weight excluding hydrogens is 416 g/mol. The van der Waals surface area contributed by atoms with E-state index in [1.165, 1.54) is 38.4 Å². The number of ether oxygens (including phenoxy) is 2. The summed E-state index contributed by atoms with van der Waals surface area (Å²) in [5.41, 5.74) is 1.86. The van der Waals surface area contributed by atoms with Crippen molar-refractivity contribution < 1.29 is 18.7 Å². The molecule has 0 N–H and O–H groups in total. The van der Waals surface area contributed by atoms with Crippen LogP contribution in [-0.4, -0.2) is 36.8 Å². The molecule has 0 amide bonds. The first kappa shape index (κ1) is 24.6. The number of carbonyl (C=O) groups is 1. The van der Waals surface area contributed by atoms with Gasteiger partial charge in [-0.25, -0.2) is 4.79 Å². The van der Waals surface area contributed by atoms with Crippen molar-refractivity contribution in [2.24, 2.45) is 0 Å². The fraction of sp³-hybridized carbons (Fsp3) is 0.481. The molecular formula is C27H36N2O4. The van der Waals surface area contributed by atoms with E-state index in [1.54, 1.807) is 13.8 Å². The van der Waals surface area contributed by atoms with Gasteiger partial charge in [-0.1, -0.05) is 56.9 Å². The fourth-order valence-corrected chi connectivity index (χ4v) is 3.77. The van der Waals surface area contributed by atoms with E-state index in [2.05, 4.69) is 11.8 Å². The molecule has 0 bridgehead atoms. The number of methoxy groups -OCH3 is 1. The summed E-state index contributed by atoms with van der Waals surface area (Å²) in [5, 5.41) is 0. The zero-order chi connectivity index (χ0) is 23.7. The third-order valence-corrected chi connectivity index (χ3v) is 5.73. The van der Waals surface area contributed by atoms with Crippen molar-refractivity contribution in [3.8, 4) is 5.75 Å². The highest BCUT2D eigenvalue weighted by Crippen LogP contribution is 2.24. The van der Waals surface area contributed by atoms with Gasteiger partial charge in [0.15, 0.2) is 11.2 Å². The molecule has 6 heteroatoms. The highest BCUT2D eigenvalue weighted by molar-refractivity contribution is 5.78. The van der Waals surface area contributed by atoms with Crippen LogP contribution in [0.2, 0.25) is 0 Å². The van der Waals surface area contributed by atoms with Crippen molar-refractivity contribution in [1.82, 2.24) is 4.98 Å². The van der Waals surface area contributed by atoms with Gasteiger partial charge in [-0.2, -0.15) is 4.98 Å². The van der Waals surface area contributed by atoms with Crippen LogP contribution in [0, 0.1) is 0 Å². The number of benzene rings is 2. The predicted molar refractivity (Wildman–Crippen MR) is 132 cm³/mol. The van der Waals surface area contributed by atoms with Crippen LogP contribution in [0.3, 0.4) is 0 Å². The lowest BCUT2D eigenvalue weighted by Gasteiger charge is -2.23. The standard InChI is InChI=1S/C27H36N2O4/c1-5-6-7-8-11-19-29(26-28-23-12-9-10-13-24(23)32-26)20-18-21-14-16-22(17-15-21)33-27(2,3)25(30)31-4/h9-10,12-17H,5-8,11,18-20H2,1-4H3. The van der Waals surface area contributed by atoms with Gasteiger partial charge in [-0.3, -0.25) is 0 Å². The molecule has 0 atom stereocenters. The Balaban J connectivity index is 1.63. The molecule has 0 aliphatic carbocycles. The Bertz CT molecular complexity index is 977. The number of hydrogen-bond acceptors (Lipinski definition) is 6. The van der Waals surface area contributed by atoms with Gasteiger partial charge in [0.05, 0.1) is 7.11 Å². The number of oxazole rings is 1. The van der Waals surface area contributed by atoms with Gasteiger partial charge in [0.25, 0.3) is 6.01 Å². The van der Waals surface area contributed by atoms with Crippen molar-refractivity contribution in [1.29, 1.82) is 0 Å². The third kappa shape index (κ3) is 6.98. The summed E-state index contributed by atoms with van der Waals surface area (Å²) < 4.78 is 16.7. The molecule has 2 aromatic carbocycles. The van der Waals surface area contributed by atoms with E-state index in [0.29, 0.717) is 11.8 Å². The van der Waals surface area contributed by atoms with Crippen LogP contribution in [0.4, 0.5) is 6.01 Å². The average molecular weight is 453 g/mol. The summed E-state index contributed by atoms with van der Waals surface area (Å²) in [4.78, 5) is 18.8. The van der Waals surface area contributed by atoms with E-state index in [1.807, 2.05) is 48.5 Å². The molecule has 0 aliphatic rings. The SMILES string of the molecule is CCCCCCCN(CCc1ccc(OC(C)(C)C(=O)OC)cc1)c1nc2ccccc2o1. The maximum Gasteiger partial charge on any atom is 0.349 e. The third-order valence-electron chi connectivity index (χ3n) is 5.73. The lowest BCUT2D eigenvalue weighted by atomic mass is 10.1. The summed E-state index contributed by atoms with van der Waals surface area (Å²) in [5.74, 6) is 0.236. The Morgan fingerprint density at radius 1 is 1.00 bits per heavy atom. The fourth-order valence-electron chi connectivity index (χ4n) is 3.77. The topological polar surface area (TPSA) is 64.8 Å². The van der Waals surface area contributed by atoms with Crippen molar-refractivity contribution >= 4 is 23.1 Å². The van der Waals surface area contributed by atoms with Gasteiger partial charge in [-0.05, 0) is 56.5 Å². The summed E-state index contributed by atoms with van der Waals surface area (Å²) in [6, 6.07) is 16.4. The van der Waals surface area contributed by atoms with E-state index >= 15 is 0 Å². The number of para-hydroxylation sites is 2. The first-order valence-electron chi connectivity index (χ1n) is 11.9. The minimum atomic E-state index is -1.03. The number of hydrogen-bond donors (Lipinski definition) is 0. The Kier molecular flexibility index (Phi) is 8.75. The minimum Gasteiger partial charge on any atom is -0.476 e. The quantitative estimate of drug-likeness (QED) is 0.228. The predicted octanol–water partition coefficient (Wildman–Crippen LogP) is 6.18. The van der Waals surface area contributed by atoms with Crippen LogP contribution in [0.25, 0.3) is 11.1 Å². The molecule has 6 nitrogen and oxygen atoms in total. The minimum absolute atomic E-state index is 0.403. The number of aromatic nitrogens is 1. The molecule has 0 unspecified atom stereocenters. The maximum atomic E-state index is 11.9. The van der Waals surface area contributed by atoms with Crippen molar-refractivity contribution in [2.45, 2.75) is 64.9 Å².